The summed E-state index contributed by atoms with van der Waals surface area (Å²) in [6, 6.07) is 31.4. The third-order valence-corrected chi connectivity index (χ3v) is 8.00. The van der Waals surface area contributed by atoms with Gasteiger partial charge in [-0.2, -0.15) is 0 Å². The zero-order valence-corrected chi connectivity index (χ0v) is 17.8. The Kier molecular flexibility index (Phi) is 3.97. The number of aromatic nitrogens is 1. The fourth-order valence-corrected chi connectivity index (χ4v) is 6.16. The van der Waals surface area contributed by atoms with E-state index in [1.165, 1.54) is 3.97 Å². The Morgan fingerprint density at radius 2 is 1.28 bits per heavy atom. The van der Waals surface area contributed by atoms with Crippen molar-refractivity contribution in [3.8, 4) is 11.1 Å². The van der Waals surface area contributed by atoms with Crippen LogP contribution in [0.15, 0.2) is 114 Å². The van der Waals surface area contributed by atoms with Gasteiger partial charge in [-0.05, 0) is 47.0 Å². The number of rotatable bonds is 3. The van der Waals surface area contributed by atoms with Crippen molar-refractivity contribution in [3.63, 3.8) is 0 Å². The van der Waals surface area contributed by atoms with E-state index >= 15 is 0 Å². The zero-order chi connectivity index (χ0) is 21.9. The molecular weight excluding hydrogens is 418 g/mol. The SMILES string of the molecule is O=S(=O)(c1ccccc1)n1ccc2cc(C3(O)c4ccccc4-c4ccccc43)ccc21. The highest BCUT2D eigenvalue weighted by Gasteiger charge is 2.42. The van der Waals surface area contributed by atoms with E-state index in [-0.39, 0.29) is 4.90 Å². The molecule has 5 heteroatoms. The van der Waals surface area contributed by atoms with Crippen LogP contribution in [-0.2, 0) is 15.6 Å². The van der Waals surface area contributed by atoms with Crippen LogP contribution < -0.4 is 0 Å². The van der Waals surface area contributed by atoms with E-state index in [9.17, 15) is 13.5 Å². The summed E-state index contributed by atoms with van der Waals surface area (Å²) in [5, 5.41) is 12.8. The molecule has 0 aliphatic heterocycles. The molecule has 4 aromatic carbocycles. The van der Waals surface area contributed by atoms with Crippen LogP contribution in [0.3, 0.4) is 0 Å². The smallest absolute Gasteiger partial charge is 0.268 e. The summed E-state index contributed by atoms with van der Waals surface area (Å²) in [4.78, 5) is 0.235. The van der Waals surface area contributed by atoms with Crippen LogP contribution >= 0.6 is 0 Å². The van der Waals surface area contributed by atoms with Crippen molar-refractivity contribution in [2.45, 2.75) is 10.5 Å². The summed E-state index contributed by atoms with van der Waals surface area (Å²) in [5.41, 5.74) is 3.65. The standard InChI is InChI=1S/C27H19NO3S/c29-27(24-12-6-4-10-22(24)23-11-5-7-13-25(23)27)20-14-15-26-19(18-20)16-17-28(26)32(30,31)21-8-2-1-3-9-21/h1-18,29H. The van der Waals surface area contributed by atoms with Gasteiger partial charge in [-0.25, -0.2) is 12.4 Å². The van der Waals surface area contributed by atoms with Gasteiger partial charge in [0.2, 0.25) is 0 Å². The summed E-state index contributed by atoms with van der Waals surface area (Å²) in [7, 11) is -3.71. The van der Waals surface area contributed by atoms with Crippen molar-refractivity contribution >= 4 is 20.9 Å². The van der Waals surface area contributed by atoms with Gasteiger partial charge in [-0.15, -0.1) is 0 Å². The van der Waals surface area contributed by atoms with Crippen LogP contribution in [0, 0.1) is 0 Å². The molecule has 6 rings (SSSR count). The van der Waals surface area contributed by atoms with E-state index in [2.05, 4.69) is 0 Å². The van der Waals surface area contributed by atoms with E-state index in [1.54, 1.807) is 48.7 Å². The maximum absolute atomic E-state index is 13.2. The highest BCUT2D eigenvalue weighted by atomic mass is 32.2. The first kappa shape index (κ1) is 19.0. The molecule has 0 fully saturated rings. The molecule has 1 aromatic heterocycles. The third-order valence-electron chi connectivity index (χ3n) is 6.30. The number of fused-ring (bicyclic) bond motifs is 4. The first-order valence-electron chi connectivity index (χ1n) is 10.4. The quantitative estimate of drug-likeness (QED) is 0.425. The van der Waals surface area contributed by atoms with Crippen LogP contribution in [0.2, 0.25) is 0 Å². The van der Waals surface area contributed by atoms with Gasteiger partial charge in [0.15, 0.2) is 0 Å². The van der Waals surface area contributed by atoms with E-state index in [0.29, 0.717) is 11.1 Å². The lowest BCUT2D eigenvalue weighted by atomic mass is 9.84. The van der Waals surface area contributed by atoms with E-state index in [1.807, 2.05) is 60.7 Å². The van der Waals surface area contributed by atoms with E-state index in [0.717, 1.165) is 27.6 Å². The molecule has 5 aromatic rings. The fourth-order valence-electron chi connectivity index (χ4n) is 4.78. The fraction of sp³-hybridized carbons (Fsp3) is 0.0370. The monoisotopic (exact) mass is 437 g/mol. The summed E-state index contributed by atoms with van der Waals surface area (Å²) in [5.74, 6) is 0. The molecule has 1 heterocycles. The lowest BCUT2D eigenvalue weighted by Crippen LogP contribution is -2.26. The minimum absolute atomic E-state index is 0.235. The van der Waals surface area contributed by atoms with Crippen molar-refractivity contribution in [3.05, 3.63) is 126 Å². The molecule has 32 heavy (non-hydrogen) atoms. The molecule has 0 unspecified atom stereocenters. The maximum atomic E-state index is 13.2. The molecule has 0 bridgehead atoms. The number of nitrogens with zero attached hydrogens (tertiary/aromatic N) is 1. The Bertz CT molecular complexity index is 1560. The third kappa shape index (κ3) is 2.49. The Morgan fingerprint density at radius 3 is 1.94 bits per heavy atom. The second-order valence-corrected chi connectivity index (χ2v) is 9.82. The van der Waals surface area contributed by atoms with Crippen LogP contribution in [0.1, 0.15) is 16.7 Å². The van der Waals surface area contributed by atoms with Crippen molar-refractivity contribution in [2.75, 3.05) is 0 Å². The van der Waals surface area contributed by atoms with Gasteiger partial charge in [-0.1, -0.05) is 72.8 Å². The van der Waals surface area contributed by atoms with Crippen molar-refractivity contribution < 1.29 is 13.5 Å². The largest absolute Gasteiger partial charge is 0.376 e. The summed E-state index contributed by atoms with van der Waals surface area (Å²) in [6.07, 6.45) is 1.57. The molecule has 156 valence electrons. The highest BCUT2D eigenvalue weighted by Crippen LogP contribution is 2.51. The van der Waals surface area contributed by atoms with Crippen LogP contribution in [-0.4, -0.2) is 17.5 Å². The average Bonchev–Trinajstić information content (AvgIpc) is 3.38. The molecule has 0 atom stereocenters. The zero-order valence-electron chi connectivity index (χ0n) is 17.0. The molecule has 1 aliphatic rings. The number of hydrogen-bond donors (Lipinski definition) is 1. The summed E-state index contributed by atoms with van der Waals surface area (Å²) in [6.45, 7) is 0. The van der Waals surface area contributed by atoms with Crippen molar-refractivity contribution in [1.29, 1.82) is 0 Å². The Labute approximate surface area is 186 Å². The molecule has 0 radical (unpaired) electrons. The Morgan fingerprint density at radius 1 is 0.688 bits per heavy atom. The topological polar surface area (TPSA) is 59.3 Å². The predicted octanol–water partition coefficient (Wildman–Crippen LogP) is 5.14. The lowest BCUT2D eigenvalue weighted by Gasteiger charge is -2.26. The second kappa shape index (κ2) is 6.66. The second-order valence-electron chi connectivity index (χ2n) is 8.00. The minimum atomic E-state index is -3.71. The molecule has 0 amide bonds. The van der Waals surface area contributed by atoms with Crippen molar-refractivity contribution in [2.24, 2.45) is 0 Å². The molecular formula is C27H19NO3S. The van der Waals surface area contributed by atoms with Gasteiger partial charge in [0, 0.05) is 22.7 Å². The highest BCUT2D eigenvalue weighted by molar-refractivity contribution is 7.90. The molecule has 1 aliphatic carbocycles. The van der Waals surface area contributed by atoms with Gasteiger partial charge in [0.25, 0.3) is 10.0 Å². The maximum Gasteiger partial charge on any atom is 0.268 e. The van der Waals surface area contributed by atoms with Gasteiger partial charge < -0.3 is 5.11 Å². The van der Waals surface area contributed by atoms with Gasteiger partial charge in [0.05, 0.1) is 10.4 Å². The van der Waals surface area contributed by atoms with Crippen LogP contribution in [0.4, 0.5) is 0 Å². The first-order valence-corrected chi connectivity index (χ1v) is 11.8. The predicted molar refractivity (Wildman–Crippen MR) is 125 cm³/mol. The molecule has 0 saturated heterocycles. The van der Waals surface area contributed by atoms with Gasteiger partial charge in [-0.3, -0.25) is 0 Å². The Balaban J connectivity index is 1.54. The van der Waals surface area contributed by atoms with Crippen LogP contribution in [0.25, 0.3) is 22.0 Å². The van der Waals surface area contributed by atoms with Gasteiger partial charge >= 0.3 is 0 Å². The summed E-state index contributed by atoms with van der Waals surface area (Å²) < 4.78 is 27.6. The van der Waals surface area contributed by atoms with E-state index < -0.39 is 15.6 Å². The lowest BCUT2D eigenvalue weighted by molar-refractivity contribution is 0.131. The molecule has 0 spiro atoms. The van der Waals surface area contributed by atoms with Gasteiger partial charge in [0.1, 0.15) is 5.60 Å². The first-order chi connectivity index (χ1) is 15.5. The number of aliphatic hydroxyl groups is 1. The minimum Gasteiger partial charge on any atom is -0.376 e. The molecule has 4 nitrogen and oxygen atoms in total. The Hall–Kier alpha value is -3.67. The van der Waals surface area contributed by atoms with Crippen LogP contribution in [0.5, 0.6) is 0 Å². The van der Waals surface area contributed by atoms with Crippen molar-refractivity contribution in [1.82, 2.24) is 3.97 Å². The molecule has 1 N–H and O–H groups in total. The summed E-state index contributed by atoms with van der Waals surface area (Å²) >= 11 is 0. The average molecular weight is 438 g/mol. The van der Waals surface area contributed by atoms with E-state index in [4.69, 9.17) is 0 Å². The number of hydrogen-bond acceptors (Lipinski definition) is 3. The molecule has 0 saturated carbocycles. The normalized spacial score (nSPS) is 14.3. The number of benzene rings is 4.